The Hall–Kier alpha value is -0.0800. The smallest absolute Gasteiger partial charge is 0.0104 e. The second-order valence-electron chi connectivity index (χ2n) is 2.41. The van der Waals surface area contributed by atoms with Crippen molar-refractivity contribution in [3.63, 3.8) is 0 Å². The van der Waals surface area contributed by atoms with Crippen LogP contribution in [-0.2, 0) is 0 Å². The summed E-state index contributed by atoms with van der Waals surface area (Å²) in [6.07, 6.45) is 1.30. The zero-order valence-electron chi connectivity index (χ0n) is 9.48. The Morgan fingerprint density at radius 3 is 2.08 bits per heavy atom. The quantitative estimate of drug-likeness (QED) is 0.604. The van der Waals surface area contributed by atoms with E-state index in [0.717, 1.165) is 6.54 Å². The summed E-state index contributed by atoms with van der Waals surface area (Å²) in [4.78, 5) is 2.36. The molecule has 2 heteroatoms. The average Bonchev–Trinajstić information content (AvgIpc) is 2.40. The highest BCUT2D eigenvalue weighted by Gasteiger charge is 2.00. The second kappa shape index (κ2) is 13.5. The first-order valence-corrected chi connectivity index (χ1v) is 5.29. The molecule has 0 aliphatic carbocycles. The van der Waals surface area contributed by atoms with Crippen LogP contribution in [0.25, 0.3) is 0 Å². The molecule has 0 amide bonds. The average molecular weight is 174 g/mol. The molecule has 1 aliphatic rings. The van der Waals surface area contributed by atoms with Crippen molar-refractivity contribution in [3.8, 4) is 0 Å². The molecule has 12 heavy (non-hydrogen) atoms. The fourth-order valence-corrected chi connectivity index (χ4v) is 0.981. The van der Waals surface area contributed by atoms with Gasteiger partial charge in [0.1, 0.15) is 0 Å². The van der Waals surface area contributed by atoms with Gasteiger partial charge >= 0.3 is 0 Å². The van der Waals surface area contributed by atoms with Gasteiger partial charge in [0.2, 0.25) is 0 Å². The number of hydrogen-bond donors (Lipinski definition) is 1. The maximum Gasteiger partial charge on any atom is 0.0104 e. The topological polar surface area (TPSA) is 15.3 Å². The lowest BCUT2D eigenvalue weighted by molar-refractivity contribution is 0.358. The third-order valence-corrected chi connectivity index (χ3v) is 1.56. The molecule has 0 bridgehead atoms. The summed E-state index contributed by atoms with van der Waals surface area (Å²) in [5.41, 5.74) is 0. The van der Waals surface area contributed by atoms with Gasteiger partial charge in [0, 0.05) is 13.1 Å². The van der Waals surface area contributed by atoms with Crippen LogP contribution in [0.4, 0.5) is 0 Å². The van der Waals surface area contributed by atoms with E-state index in [-0.39, 0.29) is 0 Å². The van der Waals surface area contributed by atoms with Gasteiger partial charge in [0.25, 0.3) is 0 Å². The maximum atomic E-state index is 3.34. The van der Waals surface area contributed by atoms with Crippen LogP contribution in [0.1, 0.15) is 34.1 Å². The van der Waals surface area contributed by atoms with Crippen LogP contribution in [0.15, 0.2) is 0 Å². The molecule has 0 spiro atoms. The summed E-state index contributed by atoms with van der Waals surface area (Å²) in [5.74, 6) is 0. The van der Waals surface area contributed by atoms with Gasteiger partial charge in [-0.15, -0.1) is 0 Å². The Bertz CT molecular complexity index is 56.9. The number of likely N-dealkylation sites (N-methyl/N-ethyl adjacent to an activating group) is 1. The Labute approximate surface area is 78.3 Å². The van der Waals surface area contributed by atoms with Crippen molar-refractivity contribution >= 4 is 0 Å². The van der Waals surface area contributed by atoms with Gasteiger partial charge in [-0.05, 0) is 26.6 Å². The molecule has 1 fully saturated rings. The first-order chi connectivity index (χ1) is 5.89. The highest BCUT2D eigenvalue weighted by atomic mass is 15.1. The predicted octanol–water partition coefficient (Wildman–Crippen LogP) is 1.96. The van der Waals surface area contributed by atoms with Crippen molar-refractivity contribution in [3.05, 3.63) is 0 Å². The van der Waals surface area contributed by atoms with E-state index in [2.05, 4.69) is 17.3 Å². The molecule has 1 N–H and O–H groups in total. The lowest BCUT2D eigenvalue weighted by Gasteiger charge is -2.09. The van der Waals surface area contributed by atoms with E-state index in [1.807, 2.05) is 27.7 Å². The fourth-order valence-electron chi connectivity index (χ4n) is 0.981. The summed E-state index contributed by atoms with van der Waals surface area (Å²) < 4.78 is 0. The molecule has 76 valence electrons. The van der Waals surface area contributed by atoms with Crippen molar-refractivity contribution in [2.75, 3.05) is 33.2 Å². The highest BCUT2D eigenvalue weighted by molar-refractivity contribution is 4.60. The summed E-state index contributed by atoms with van der Waals surface area (Å²) in [6.45, 7) is 12.8. The van der Waals surface area contributed by atoms with Crippen molar-refractivity contribution in [2.24, 2.45) is 0 Å². The fraction of sp³-hybridized carbons (Fsp3) is 1.00. The molecule has 0 aromatic heterocycles. The number of hydrogen-bond acceptors (Lipinski definition) is 2. The molecular formula is C10H26N2. The number of nitrogens with zero attached hydrogens (tertiary/aromatic N) is 1. The molecule has 0 saturated carbocycles. The predicted molar refractivity (Wildman–Crippen MR) is 57.7 cm³/mol. The molecule has 1 saturated heterocycles. The highest BCUT2D eigenvalue weighted by Crippen LogP contribution is 1.88. The minimum atomic E-state index is 1.16. The first kappa shape index (κ1) is 14.4. The standard InChI is InChI=1S/C6H14N2.2C2H6/c1-8-5-2-3-7-4-6-8;2*1-2/h7H,2-6H2,1H3;2*1-2H3. The van der Waals surface area contributed by atoms with Crippen molar-refractivity contribution in [1.29, 1.82) is 0 Å². The van der Waals surface area contributed by atoms with Gasteiger partial charge in [0.15, 0.2) is 0 Å². The third-order valence-electron chi connectivity index (χ3n) is 1.56. The van der Waals surface area contributed by atoms with E-state index in [1.54, 1.807) is 0 Å². The molecular weight excluding hydrogens is 148 g/mol. The van der Waals surface area contributed by atoms with E-state index >= 15 is 0 Å². The van der Waals surface area contributed by atoms with Crippen LogP contribution < -0.4 is 5.32 Å². The lowest BCUT2D eigenvalue weighted by atomic mass is 10.4. The second-order valence-corrected chi connectivity index (χ2v) is 2.41. The van der Waals surface area contributed by atoms with Crippen molar-refractivity contribution in [1.82, 2.24) is 10.2 Å². The van der Waals surface area contributed by atoms with E-state index in [1.165, 1.54) is 26.1 Å². The minimum Gasteiger partial charge on any atom is -0.315 e. The zero-order valence-corrected chi connectivity index (χ0v) is 9.48. The molecule has 2 nitrogen and oxygen atoms in total. The summed E-state index contributed by atoms with van der Waals surface area (Å²) in [7, 11) is 2.17. The molecule has 1 aliphatic heterocycles. The third kappa shape index (κ3) is 9.92. The van der Waals surface area contributed by atoms with Crippen LogP contribution in [0.5, 0.6) is 0 Å². The summed E-state index contributed by atoms with van der Waals surface area (Å²) in [6, 6.07) is 0. The van der Waals surface area contributed by atoms with Gasteiger partial charge in [-0.3, -0.25) is 0 Å². The van der Waals surface area contributed by atoms with Crippen LogP contribution >= 0.6 is 0 Å². The molecule has 0 atom stereocenters. The minimum absolute atomic E-state index is 1.16. The Kier molecular flexibility index (Phi) is 16.3. The molecule has 0 radical (unpaired) electrons. The Morgan fingerprint density at radius 2 is 1.50 bits per heavy atom. The lowest BCUT2D eigenvalue weighted by Crippen LogP contribution is -2.23. The van der Waals surface area contributed by atoms with Crippen molar-refractivity contribution < 1.29 is 0 Å². The van der Waals surface area contributed by atoms with Crippen LogP contribution in [-0.4, -0.2) is 38.1 Å². The summed E-state index contributed by atoms with van der Waals surface area (Å²) >= 11 is 0. The van der Waals surface area contributed by atoms with Gasteiger partial charge in [-0.2, -0.15) is 0 Å². The number of rotatable bonds is 0. The first-order valence-electron chi connectivity index (χ1n) is 5.29. The van der Waals surface area contributed by atoms with E-state index < -0.39 is 0 Å². The van der Waals surface area contributed by atoms with Gasteiger partial charge < -0.3 is 10.2 Å². The SMILES string of the molecule is CC.CC.CN1CCCNCC1. The van der Waals surface area contributed by atoms with E-state index in [0.29, 0.717) is 0 Å². The van der Waals surface area contributed by atoms with E-state index in [4.69, 9.17) is 0 Å². The monoisotopic (exact) mass is 174 g/mol. The van der Waals surface area contributed by atoms with Crippen LogP contribution in [0, 0.1) is 0 Å². The Balaban J connectivity index is 0. The van der Waals surface area contributed by atoms with Gasteiger partial charge in [-0.25, -0.2) is 0 Å². The molecule has 0 aromatic carbocycles. The van der Waals surface area contributed by atoms with Crippen LogP contribution in [0.2, 0.25) is 0 Å². The van der Waals surface area contributed by atoms with Crippen LogP contribution in [0.3, 0.4) is 0 Å². The Morgan fingerprint density at radius 1 is 0.917 bits per heavy atom. The molecule has 1 heterocycles. The number of nitrogens with one attached hydrogen (secondary N) is 1. The molecule has 1 rings (SSSR count). The zero-order chi connectivity index (χ0) is 9.82. The largest absolute Gasteiger partial charge is 0.315 e. The van der Waals surface area contributed by atoms with Gasteiger partial charge in [0.05, 0.1) is 0 Å². The molecule has 0 unspecified atom stereocenters. The normalized spacial score (nSPS) is 17.8. The van der Waals surface area contributed by atoms with Crippen molar-refractivity contribution in [2.45, 2.75) is 34.1 Å². The molecule has 0 aromatic rings. The van der Waals surface area contributed by atoms with E-state index in [9.17, 15) is 0 Å². The summed E-state index contributed by atoms with van der Waals surface area (Å²) in [5, 5.41) is 3.34. The maximum absolute atomic E-state index is 3.34. The van der Waals surface area contributed by atoms with Gasteiger partial charge in [-0.1, -0.05) is 27.7 Å².